The van der Waals surface area contributed by atoms with Crippen molar-refractivity contribution in [3.63, 3.8) is 0 Å². The van der Waals surface area contributed by atoms with Crippen LogP contribution in [-0.2, 0) is 0 Å². The Labute approximate surface area is 98.2 Å². The number of hydrogen-bond donors (Lipinski definition) is 0. The maximum absolute atomic E-state index is 3.72. The molecule has 1 aromatic rings. The van der Waals surface area contributed by atoms with Crippen LogP contribution in [0.4, 0.5) is 0 Å². The van der Waals surface area contributed by atoms with E-state index in [1.165, 1.54) is 16.7 Å². The third-order valence-electron chi connectivity index (χ3n) is 2.58. The molecule has 0 atom stereocenters. The highest BCUT2D eigenvalue weighted by molar-refractivity contribution is 5.73. The van der Waals surface area contributed by atoms with Crippen molar-refractivity contribution in [2.75, 3.05) is 0 Å². The van der Waals surface area contributed by atoms with E-state index in [0.717, 1.165) is 0 Å². The van der Waals surface area contributed by atoms with E-state index in [-0.39, 0.29) is 0 Å². The molecule has 16 heavy (non-hydrogen) atoms. The molecule has 0 unspecified atom stereocenters. The first-order valence-electron chi connectivity index (χ1n) is 5.58. The van der Waals surface area contributed by atoms with Crippen LogP contribution in [0.1, 0.15) is 37.8 Å². The van der Waals surface area contributed by atoms with Gasteiger partial charge in [-0.15, -0.1) is 0 Å². The van der Waals surface area contributed by atoms with Crippen molar-refractivity contribution in [1.29, 1.82) is 0 Å². The highest BCUT2D eigenvalue weighted by atomic mass is 14.6. The van der Waals surface area contributed by atoms with Gasteiger partial charge < -0.3 is 0 Å². The predicted octanol–water partition coefficient (Wildman–Crippen LogP) is 4.43. The number of benzene rings is 1. The number of nitrogens with zero attached hydrogens (tertiary/aromatic N) is 1. The van der Waals surface area contributed by atoms with Gasteiger partial charge in [-0.25, -0.2) is 0 Å². The fourth-order valence-corrected chi connectivity index (χ4v) is 1.55. The summed E-state index contributed by atoms with van der Waals surface area (Å²) in [5.41, 5.74) is 3.75. The lowest BCUT2D eigenvalue weighted by molar-refractivity contribution is 0.866. The quantitative estimate of drug-likeness (QED) is 0.518. The summed E-state index contributed by atoms with van der Waals surface area (Å²) >= 11 is 0. The fraction of sp³-hybridized carbons (Fsp3) is 0.267. The molecule has 0 spiro atoms. The molecule has 1 rings (SSSR count). The number of allylic oxidation sites excluding steroid dienone is 3. The van der Waals surface area contributed by atoms with E-state index in [4.69, 9.17) is 0 Å². The minimum Gasteiger partial charge on any atom is -0.272 e. The normalized spacial score (nSPS) is 12.4. The second kappa shape index (κ2) is 6.06. The first-order valence-corrected chi connectivity index (χ1v) is 5.58. The zero-order valence-corrected chi connectivity index (χ0v) is 10.3. The van der Waals surface area contributed by atoms with E-state index < -0.39 is 0 Å². The highest BCUT2D eigenvalue weighted by Crippen LogP contribution is 2.20. The molecule has 0 aliphatic carbocycles. The van der Waals surface area contributed by atoms with E-state index in [9.17, 15) is 0 Å². The number of rotatable bonds is 4. The summed E-state index contributed by atoms with van der Waals surface area (Å²) in [7, 11) is 0. The number of hydrogen-bond acceptors (Lipinski definition) is 1. The molecule has 0 saturated carbocycles. The van der Waals surface area contributed by atoms with Crippen molar-refractivity contribution in [2.45, 2.75) is 26.7 Å². The third kappa shape index (κ3) is 3.20. The standard InChI is InChI=1S/C15H19N/c1-5-13(10-11-16-4)15-8-6-14(7-9-15)12(2)3/h5-12H,4H2,1-3H3/b11-10-,13-5+. The molecule has 0 radical (unpaired) electrons. The molecule has 0 aliphatic rings. The summed E-state index contributed by atoms with van der Waals surface area (Å²) in [6.07, 6.45) is 5.76. The van der Waals surface area contributed by atoms with Gasteiger partial charge >= 0.3 is 0 Å². The molecular weight excluding hydrogens is 194 g/mol. The lowest BCUT2D eigenvalue weighted by Crippen LogP contribution is -1.88. The molecule has 0 saturated heterocycles. The molecule has 84 valence electrons. The fourth-order valence-electron chi connectivity index (χ4n) is 1.55. The van der Waals surface area contributed by atoms with E-state index in [0.29, 0.717) is 5.92 Å². The molecule has 0 aromatic heterocycles. The van der Waals surface area contributed by atoms with Crippen molar-refractivity contribution in [3.8, 4) is 0 Å². The smallest absolute Gasteiger partial charge is 0.0266 e. The Morgan fingerprint density at radius 1 is 1.25 bits per heavy atom. The van der Waals surface area contributed by atoms with Gasteiger partial charge in [0.25, 0.3) is 0 Å². The lowest BCUT2D eigenvalue weighted by Gasteiger charge is -2.07. The summed E-state index contributed by atoms with van der Waals surface area (Å²) in [6.45, 7) is 9.86. The van der Waals surface area contributed by atoms with Gasteiger partial charge in [0.1, 0.15) is 0 Å². The Morgan fingerprint density at radius 2 is 1.88 bits per heavy atom. The highest BCUT2D eigenvalue weighted by Gasteiger charge is 2.00. The summed E-state index contributed by atoms with van der Waals surface area (Å²) in [5.74, 6) is 0.577. The van der Waals surface area contributed by atoms with Crippen LogP contribution in [0.3, 0.4) is 0 Å². The first-order chi connectivity index (χ1) is 7.69. The van der Waals surface area contributed by atoms with Gasteiger partial charge in [0, 0.05) is 6.20 Å². The van der Waals surface area contributed by atoms with Crippen LogP contribution in [0.25, 0.3) is 5.57 Å². The Balaban J connectivity index is 2.96. The summed E-state index contributed by atoms with van der Waals surface area (Å²) in [6, 6.07) is 8.66. The van der Waals surface area contributed by atoms with Gasteiger partial charge in [-0.3, -0.25) is 4.99 Å². The van der Waals surface area contributed by atoms with Crippen molar-refractivity contribution in [2.24, 2.45) is 4.99 Å². The van der Waals surface area contributed by atoms with Crippen LogP contribution in [0.5, 0.6) is 0 Å². The Kier molecular flexibility index (Phi) is 4.71. The molecule has 0 N–H and O–H groups in total. The summed E-state index contributed by atoms with van der Waals surface area (Å²) in [5, 5.41) is 0. The van der Waals surface area contributed by atoms with E-state index in [2.05, 4.69) is 55.9 Å². The van der Waals surface area contributed by atoms with Gasteiger partial charge in [0.05, 0.1) is 0 Å². The molecule has 1 aromatic carbocycles. The van der Waals surface area contributed by atoms with Crippen LogP contribution in [0, 0.1) is 0 Å². The zero-order chi connectivity index (χ0) is 12.0. The van der Waals surface area contributed by atoms with Crippen molar-refractivity contribution >= 4 is 12.3 Å². The monoisotopic (exact) mass is 213 g/mol. The molecule has 1 heteroatoms. The van der Waals surface area contributed by atoms with E-state index >= 15 is 0 Å². The van der Waals surface area contributed by atoms with Crippen molar-refractivity contribution in [3.05, 3.63) is 53.7 Å². The molecule has 0 aliphatic heterocycles. The zero-order valence-electron chi connectivity index (χ0n) is 10.3. The van der Waals surface area contributed by atoms with Crippen LogP contribution >= 0.6 is 0 Å². The van der Waals surface area contributed by atoms with Gasteiger partial charge in [-0.05, 0) is 42.3 Å². The average Bonchev–Trinajstić information content (AvgIpc) is 2.30. The van der Waals surface area contributed by atoms with Crippen LogP contribution < -0.4 is 0 Å². The molecular formula is C15H19N. The first kappa shape index (κ1) is 12.4. The Morgan fingerprint density at radius 3 is 2.31 bits per heavy atom. The van der Waals surface area contributed by atoms with Gasteiger partial charge in [-0.1, -0.05) is 44.2 Å². The molecule has 0 fully saturated rings. The van der Waals surface area contributed by atoms with Crippen molar-refractivity contribution < 1.29 is 0 Å². The van der Waals surface area contributed by atoms with Crippen LogP contribution in [-0.4, -0.2) is 6.72 Å². The predicted molar refractivity (Wildman–Crippen MR) is 72.9 cm³/mol. The average molecular weight is 213 g/mol. The Bertz CT molecular complexity index is 394. The molecule has 1 nitrogen and oxygen atoms in total. The van der Waals surface area contributed by atoms with Gasteiger partial charge in [0.2, 0.25) is 0 Å². The SMILES string of the molecule is C=N/C=C\C(=C/C)c1ccc(C(C)C)cc1. The second-order valence-electron chi connectivity index (χ2n) is 4.02. The van der Waals surface area contributed by atoms with Crippen LogP contribution in [0.2, 0.25) is 0 Å². The Hall–Kier alpha value is -1.63. The van der Waals surface area contributed by atoms with E-state index in [1.54, 1.807) is 6.20 Å². The van der Waals surface area contributed by atoms with Crippen LogP contribution in [0.15, 0.2) is 47.6 Å². The molecule has 0 heterocycles. The summed E-state index contributed by atoms with van der Waals surface area (Å²) in [4.78, 5) is 3.72. The van der Waals surface area contributed by atoms with E-state index in [1.807, 2.05) is 13.0 Å². The van der Waals surface area contributed by atoms with Crippen molar-refractivity contribution in [1.82, 2.24) is 0 Å². The van der Waals surface area contributed by atoms with Gasteiger partial charge in [-0.2, -0.15) is 0 Å². The topological polar surface area (TPSA) is 12.4 Å². The summed E-state index contributed by atoms with van der Waals surface area (Å²) < 4.78 is 0. The second-order valence-corrected chi connectivity index (χ2v) is 4.02. The third-order valence-corrected chi connectivity index (χ3v) is 2.58. The minimum absolute atomic E-state index is 0.577. The molecule has 0 bridgehead atoms. The molecule has 0 amide bonds. The largest absolute Gasteiger partial charge is 0.272 e. The maximum atomic E-state index is 3.72. The van der Waals surface area contributed by atoms with Gasteiger partial charge in [0.15, 0.2) is 0 Å². The minimum atomic E-state index is 0.577. The number of aliphatic imine (C=N–C) groups is 1. The maximum Gasteiger partial charge on any atom is 0.0266 e. The lowest BCUT2D eigenvalue weighted by atomic mass is 9.99.